The van der Waals surface area contributed by atoms with Gasteiger partial charge in [-0.05, 0) is 30.0 Å². The molecule has 0 aliphatic carbocycles. The standard InChI is InChI=1S/C16H21NO2S/c1-3-15(16-8-5-11-20-16)17-13-6-4-7-14(12-13)19-10-9-18-2/h4-8,11-12,15,17H,3,9-10H2,1-2H3. The third kappa shape index (κ3) is 4.25. The highest BCUT2D eigenvalue weighted by Gasteiger charge is 2.10. The summed E-state index contributed by atoms with van der Waals surface area (Å²) in [6.07, 6.45) is 1.05. The fourth-order valence-corrected chi connectivity index (χ4v) is 2.84. The molecule has 1 unspecified atom stereocenters. The van der Waals surface area contributed by atoms with Gasteiger partial charge in [-0.15, -0.1) is 11.3 Å². The molecule has 20 heavy (non-hydrogen) atoms. The zero-order valence-electron chi connectivity index (χ0n) is 12.0. The molecule has 0 bridgehead atoms. The number of methoxy groups -OCH3 is 1. The Bertz CT molecular complexity index is 499. The summed E-state index contributed by atoms with van der Waals surface area (Å²) in [6.45, 7) is 3.36. The third-order valence-electron chi connectivity index (χ3n) is 3.03. The van der Waals surface area contributed by atoms with Crippen LogP contribution in [0.1, 0.15) is 24.3 Å². The van der Waals surface area contributed by atoms with Gasteiger partial charge in [0.15, 0.2) is 0 Å². The number of hydrogen-bond donors (Lipinski definition) is 1. The van der Waals surface area contributed by atoms with Crippen LogP contribution >= 0.6 is 11.3 Å². The predicted molar refractivity (Wildman–Crippen MR) is 84.8 cm³/mol. The maximum atomic E-state index is 5.63. The summed E-state index contributed by atoms with van der Waals surface area (Å²) in [6, 6.07) is 12.7. The highest BCUT2D eigenvalue weighted by molar-refractivity contribution is 7.10. The highest BCUT2D eigenvalue weighted by atomic mass is 32.1. The van der Waals surface area contributed by atoms with Gasteiger partial charge in [-0.1, -0.05) is 19.1 Å². The van der Waals surface area contributed by atoms with Crippen molar-refractivity contribution in [1.82, 2.24) is 0 Å². The Hall–Kier alpha value is -1.52. The minimum absolute atomic E-state index is 0.351. The second kappa shape index (κ2) is 7.92. The molecule has 0 fully saturated rings. The van der Waals surface area contributed by atoms with E-state index >= 15 is 0 Å². The van der Waals surface area contributed by atoms with E-state index in [0.29, 0.717) is 19.3 Å². The maximum Gasteiger partial charge on any atom is 0.121 e. The van der Waals surface area contributed by atoms with Gasteiger partial charge in [0, 0.05) is 23.7 Å². The van der Waals surface area contributed by atoms with E-state index in [4.69, 9.17) is 9.47 Å². The van der Waals surface area contributed by atoms with Gasteiger partial charge in [0.2, 0.25) is 0 Å². The number of anilines is 1. The van der Waals surface area contributed by atoms with Crippen LogP contribution < -0.4 is 10.1 Å². The number of ether oxygens (including phenoxy) is 2. The van der Waals surface area contributed by atoms with Gasteiger partial charge in [0.1, 0.15) is 12.4 Å². The molecule has 1 atom stereocenters. The minimum atomic E-state index is 0.351. The maximum absolute atomic E-state index is 5.63. The molecule has 0 saturated carbocycles. The van der Waals surface area contributed by atoms with E-state index in [1.165, 1.54) is 4.88 Å². The Labute approximate surface area is 124 Å². The topological polar surface area (TPSA) is 30.5 Å². The van der Waals surface area contributed by atoms with Crippen molar-refractivity contribution in [1.29, 1.82) is 0 Å². The summed E-state index contributed by atoms with van der Waals surface area (Å²) >= 11 is 1.79. The van der Waals surface area contributed by atoms with E-state index in [2.05, 4.69) is 35.8 Å². The summed E-state index contributed by atoms with van der Waals surface area (Å²) in [5, 5.41) is 5.68. The van der Waals surface area contributed by atoms with Crippen LogP contribution in [0.5, 0.6) is 5.75 Å². The van der Waals surface area contributed by atoms with Crippen molar-refractivity contribution in [2.45, 2.75) is 19.4 Å². The molecule has 0 aliphatic rings. The minimum Gasteiger partial charge on any atom is -0.491 e. The first-order valence-electron chi connectivity index (χ1n) is 6.85. The molecule has 0 radical (unpaired) electrons. The van der Waals surface area contributed by atoms with Gasteiger partial charge in [0.25, 0.3) is 0 Å². The molecule has 4 heteroatoms. The lowest BCUT2D eigenvalue weighted by atomic mass is 10.1. The van der Waals surface area contributed by atoms with E-state index in [1.54, 1.807) is 18.4 Å². The first-order chi connectivity index (χ1) is 9.83. The molecule has 3 nitrogen and oxygen atoms in total. The largest absolute Gasteiger partial charge is 0.491 e. The van der Waals surface area contributed by atoms with Gasteiger partial charge in [-0.3, -0.25) is 0 Å². The lowest BCUT2D eigenvalue weighted by Crippen LogP contribution is -2.08. The third-order valence-corrected chi connectivity index (χ3v) is 4.01. The van der Waals surface area contributed by atoms with Crippen molar-refractivity contribution in [3.63, 3.8) is 0 Å². The second-order valence-electron chi connectivity index (χ2n) is 4.49. The lowest BCUT2D eigenvalue weighted by molar-refractivity contribution is 0.146. The van der Waals surface area contributed by atoms with Crippen LogP contribution in [0.2, 0.25) is 0 Å². The molecular formula is C16H21NO2S. The Kier molecular flexibility index (Phi) is 5.89. The van der Waals surface area contributed by atoms with Crippen molar-refractivity contribution in [2.24, 2.45) is 0 Å². The first-order valence-corrected chi connectivity index (χ1v) is 7.73. The van der Waals surface area contributed by atoms with Crippen LogP contribution in [-0.4, -0.2) is 20.3 Å². The molecule has 0 amide bonds. The average molecular weight is 291 g/mol. The summed E-state index contributed by atoms with van der Waals surface area (Å²) < 4.78 is 10.6. The molecule has 1 aromatic heterocycles. The van der Waals surface area contributed by atoms with Crippen LogP contribution in [0.4, 0.5) is 5.69 Å². The monoisotopic (exact) mass is 291 g/mol. The number of nitrogens with one attached hydrogen (secondary N) is 1. The predicted octanol–water partition coefficient (Wildman–Crippen LogP) is 4.34. The summed E-state index contributed by atoms with van der Waals surface area (Å²) in [7, 11) is 1.67. The van der Waals surface area contributed by atoms with Crippen molar-refractivity contribution in [3.8, 4) is 5.75 Å². The smallest absolute Gasteiger partial charge is 0.121 e. The Morgan fingerprint density at radius 1 is 1.20 bits per heavy atom. The van der Waals surface area contributed by atoms with Crippen LogP contribution in [0.25, 0.3) is 0 Å². The van der Waals surface area contributed by atoms with Crippen molar-refractivity contribution in [3.05, 3.63) is 46.7 Å². The normalized spacial score (nSPS) is 12.1. The lowest BCUT2D eigenvalue weighted by Gasteiger charge is -2.17. The number of benzene rings is 1. The quantitative estimate of drug-likeness (QED) is 0.734. The number of thiophene rings is 1. The van der Waals surface area contributed by atoms with E-state index in [1.807, 2.05) is 18.2 Å². The summed E-state index contributed by atoms with van der Waals surface area (Å²) in [5.41, 5.74) is 1.08. The molecule has 0 saturated heterocycles. The van der Waals surface area contributed by atoms with E-state index in [0.717, 1.165) is 17.9 Å². The molecule has 0 aliphatic heterocycles. The Morgan fingerprint density at radius 2 is 2.10 bits per heavy atom. The van der Waals surface area contributed by atoms with E-state index < -0.39 is 0 Å². The fourth-order valence-electron chi connectivity index (χ4n) is 1.98. The van der Waals surface area contributed by atoms with Crippen LogP contribution in [0.15, 0.2) is 41.8 Å². The van der Waals surface area contributed by atoms with Crippen LogP contribution in [-0.2, 0) is 4.74 Å². The first kappa shape index (κ1) is 14.9. The average Bonchev–Trinajstić information content (AvgIpc) is 2.99. The SMILES string of the molecule is CCC(Nc1cccc(OCCOC)c1)c1cccs1. The number of rotatable bonds is 8. The van der Waals surface area contributed by atoms with Crippen molar-refractivity contribution < 1.29 is 9.47 Å². The van der Waals surface area contributed by atoms with Gasteiger partial charge < -0.3 is 14.8 Å². The fraction of sp³-hybridized carbons (Fsp3) is 0.375. The molecule has 1 N–H and O–H groups in total. The summed E-state index contributed by atoms with van der Waals surface area (Å²) in [5.74, 6) is 0.869. The van der Waals surface area contributed by atoms with E-state index in [9.17, 15) is 0 Å². The zero-order chi connectivity index (χ0) is 14.2. The summed E-state index contributed by atoms with van der Waals surface area (Å²) in [4.78, 5) is 1.36. The molecule has 1 aromatic carbocycles. The molecule has 2 rings (SSSR count). The van der Waals surface area contributed by atoms with Gasteiger partial charge in [-0.25, -0.2) is 0 Å². The molecule has 108 valence electrons. The molecule has 1 heterocycles. The van der Waals surface area contributed by atoms with Gasteiger partial charge in [0.05, 0.1) is 12.6 Å². The molecular weight excluding hydrogens is 270 g/mol. The zero-order valence-corrected chi connectivity index (χ0v) is 12.8. The molecule has 0 spiro atoms. The Morgan fingerprint density at radius 3 is 2.80 bits per heavy atom. The molecule has 2 aromatic rings. The highest BCUT2D eigenvalue weighted by Crippen LogP contribution is 2.27. The van der Waals surface area contributed by atoms with Crippen molar-refractivity contribution >= 4 is 17.0 Å². The van der Waals surface area contributed by atoms with Gasteiger partial charge in [-0.2, -0.15) is 0 Å². The van der Waals surface area contributed by atoms with Crippen LogP contribution in [0.3, 0.4) is 0 Å². The van der Waals surface area contributed by atoms with Crippen molar-refractivity contribution in [2.75, 3.05) is 25.6 Å². The number of hydrogen-bond acceptors (Lipinski definition) is 4. The van der Waals surface area contributed by atoms with Crippen LogP contribution in [0, 0.1) is 0 Å². The second-order valence-corrected chi connectivity index (χ2v) is 5.47. The Balaban J connectivity index is 1.99. The van der Waals surface area contributed by atoms with E-state index in [-0.39, 0.29) is 0 Å². The van der Waals surface area contributed by atoms with Gasteiger partial charge >= 0.3 is 0 Å².